The van der Waals surface area contributed by atoms with Crippen molar-refractivity contribution in [2.24, 2.45) is 0 Å². The number of ether oxygens (including phenoxy) is 1. The summed E-state index contributed by atoms with van der Waals surface area (Å²) in [5.74, 6) is -0.439. The molecule has 7 heteroatoms. The summed E-state index contributed by atoms with van der Waals surface area (Å²) in [5.41, 5.74) is 2.12. The fourth-order valence-electron chi connectivity index (χ4n) is 2.00. The molecule has 0 radical (unpaired) electrons. The largest absolute Gasteiger partial charge is 0.465 e. The fraction of sp³-hybridized carbons (Fsp3) is 0.235. The maximum atomic E-state index is 11.8. The van der Waals surface area contributed by atoms with Crippen molar-refractivity contribution in [1.82, 2.24) is 4.72 Å². The van der Waals surface area contributed by atoms with E-state index in [1.807, 2.05) is 30.3 Å². The smallest absolute Gasteiger partial charge is 0.337 e. The Morgan fingerprint density at radius 3 is 2.29 bits per heavy atom. The van der Waals surface area contributed by atoms with Crippen molar-refractivity contribution < 1.29 is 22.1 Å². The number of hydrogen-bond donors (Lipinski definition) is 1. The molecule has 0 amide bonds. The van der Waals surface area contributed by atoms with E-state index in [4.69, 9.17) is 4.18 Å². The van der Waals surface area contributed by atoms with Crippen LogP contribution in [-0.4, -0.2) is 28.1 Å². The van der Waals surface area contributed by atoms with Crippen LogP contribution in [-0.2, 0) is 32.2 Å². The van der Waals surface area contributed by atoms with Crippen molar-refractivity contribution >= 4 is 16.3 Å². The van der Waals surface area contributed by atoms with Crippen LogP contribution in [0.4, 0.5) is 0 Å². The second-order valence-corrected chi connectivity index (χ2v) is 6.45. The summed E-state index contributed by atoms with van der Waals surface area (Å²) in [5, 5.41) is 0. The summed E-state index contributed by atoms with van der Waals surface area (Å²) in [7, 11) is -2.52. The van der Waals surface area contributed by atoms with Crippen molar-refractivity contribution in [3.05, 3.63) is 71.3 Å². The fourth-order valence-corrected chi connectivity index (χ4v) is 2.73. The quantitative estimate of drug-likeness (QED) is 0.738. The van der Waals surface area contributed by atoms with Gasteiger partial charge in [0.25, 0.3) is 0 Å². The molecule has 0 aromatic heterocycles. The average molecular weight is 349 g/mol. The first-order valence-corrected chi connectivity index (χ1v) is 8.76. The van der Waals surface area contributed by atoms with E-state index < -0.39 is 16.3 Å². The van der Waals surface area contributed by atoms with E-state index in [0.717, 1.165) is 5.56 Å². The molecule has 0 heterocycles. The van der Waals surface area contributed by atoms with Crippen molar-refractivity contribution in [2.45, 2.75) is 13.0 Å². The molecule has 0 saturated heterocycles. The molecule has 1 N–H and O–H groups in total. The van der Waals surface area contributed by atoms with Gasteiger partial charge in [0, 0.05) is 6.54 Å². The Bertz CT molecular complexity index is 757. The van der Waals surface area contributed by atoms with Gasteiger partial charge in [0.2, 0.25) is 0 Å². The van der Waals surface area contributed by atoms with Crippen LogP contribution < -0.4 is 4.72 Å². The maximum absolute atomic E-state index is 11.8. The van der Waals surface area contributed by atoms with Crippen molar-refractivity contribution in [1.29, 1.82) is 0 Å². The molecule has 2 aromatic rings. The summed E-state index contributed by atoms with van der Waals surface area (Å²) in [6.07, 6.45) is 0.510. The molecule has 0 aliphatic heterocycles. The Balaban J connectivity index is 1.80. The third-order valence-corrected chi connectivity index (χ3v) is 4.28. The Kier molecular flexibility index (Phi) is 6.48. The van der Waals surface area contributed by atoms with E-state index in [2.05, 4.69) is 9.46 Å². The van der Waals surface area contributed by atoms with E-state index in [0.29, 0.717) is 17.5 Å². The molecule has 0 saturated carbocycles. The average Bonchev–Trinajstić information content (AvgIpc) is 2.60. The summed E-state index contributed by atoms with van der Waals surface area (Å²) in [6.45, 7) is 0.149. The zero-order chi connectivity index (χ0) is 17.4. The zero-order valence-electron chi connectivity index (χ0n) is 13.3. The highest BCUT2D eigenvalue weighted by Gasteiger charge is 2.11. The third kappa shape index (κ3) is 5.77. The lowest BCUT2D eigenvalue weighted by Gasteiger charge is -2.08. The minimum atomic E-state index is -3.82. The van der Waals surface area contributed by atoms with Crippen LogP contribution in [0.1, 0.15) is 21.5 Å². The standard InChI is InChI=1S/C17H19NO5S/c1-22-17(19)16-9-7-15(8-10-16)13-18-24(20,21)23-12-11-14-5-3-2-4-6-14/h2-10,18H,11-13H2,1H3. The SMILES string of the molecule is COC(=O)c1ccc(CNS(=O)(=O)OCCc2ccccc2)cc1. The molecule has 0 atom stereocenters. The van der Waals surface area contributed by atoms with Crippen LogP contribution in [0.25, 0.3) is 0 Å². The first kappa shape index (κ1) is 18.1. The molecule has 0 fully saturated rings. The highest BCUT2D eigenvalue weighted by molar-refractivity contribution is 7.84. The van der Waals surface area contributed by atoms with E-state index >= 15 is 0 Å². The Labute approximate surface area is 141 Å². The summed E-state index contributed by atoms with van der Waals surface area (Å²) in [6, 6.07) is 15.9. The van der Waals surface area contributed by atoms with Gasteiger partial charge < -0.3 is 4.74 Å². The molecule has 0 bridgehead atoms. The Morgan fingerprint density at radius 1 is 1.00 bits per heavy atom. The van der Waals surface area contributed by atoms with E-state index in [1.54, 1.807) is 24.3 Å². The summed E-state index contributed by atoms with van der Waals surface area (Å²) < 4.78 is 35.5. The number of nitrogens with one attached hydrogen (secondary N) is 1. The Hall–Kier alpha value is -2.22. The van der Waals surface area contributed by atoms with Crippen molar-refractivity contribution in [2.75, 3.05) is 13.7 Å². The third-order valence-electron chi connectivity index (χ3n) is 3.30. The predicted molar refractivity (Wildman–Crippen MR) is 89.6 cm³/mol. The van der Waals surface area contributed by atoms with Crippen molar-refractivity contribution in [3.8, 4) is 0 Å². The molecule has 0 spiro atoms. The van der Waals surface area contributed by atoms with Crippen LogP contribution in [0, 0.1) is 0 Å². The lowest BCUT2D eigenvalue weighted by molar-refractivity contribution is 0.0600. The van der Waals surface area contributed by atoms with Gasteiger partial charge in [0.05, 0.1) is 19.3 Å². The molecular weight excluding hydrogens is 330 g/mol. The molecule has 0 unspecified atom stereocenters. The number of carbonyl (C=O) groups is 1. The summed E-state index contributed by atoms with van der Waals surface area (Å²) >= 11 is 0. The van der Waals surface area contributed by atoms with Gasteiger partial charge >= 0.3 is 16.3 Å². The van der Waals surface area contributed by atoms with Gasteiger partial charge in [-0.2, -0.15) is 13.1 Å². The van der Waals surface area contributed by atoms with Crippen LogP contribution in [0.3, 0.4) is 0 Å². The predicted octanol–water partition coefficient (Wildman–Crippen LogP) is 2.07. The monoisotopic (exact) mass is 349 g/mol. The topological polar surface area (TPSA) is 81.7 Å². The highest BCUT2D eigenvalue weighted by Crippen LogP contribution is 2.07. The first-order valence-electron chi connectivity index (χ1n) is 7.35. The van der Waals surface area contributed by atoms with Gasteiger partial charge in [-0.15, -0.1) is 0 Å². The minimum Gasteiger partial charge on any atom is -0.465 e. The van der Waals surface area contributed by atoms with Gasteiger partial charge in [-0.3, -0.25) is 4.18 Å². The number of methoxy groups -OCH3 is 1. The molecule has 128 valence electrons. The molecule has 6 nitrogen and oxygen atoms in total. The Morgan fingerprint density at radius 2 is 1.67 bits per heavy atom. The van der Waals surface area contributed by atoms with Gasteiger partial charge in [0.1, 0.15) is 0 Å². The highest BCUT2D eigenvalue weighted by atomic mass is 32.2. The summed E-state index contributed by atoms with van der Waals surface area (Å²) in [4.78, 5) is 11.3. The number of carbonyl (C=O) groups excluding carboxylic acids is 1. The van der Waals surface area contributed by atoms with Crippen LogP contribution in [0.2, 0.25) is 0 Å². The molecule has 0 aliphatic carbocycles. The molecule has 0 aliphatic rings. The molecule has 24 heavy (non-hydrogen) atoms. The number of rotatable bonds is 8. The van der Waals surface area contributed by atoms with Gasteiger partial charge in [-0.05, 0) is 29.7 Å². The lowest BCUT2D eigenvalue weighted by Crippen LogP contribution is -2.26. The zero-order valence-corrected chi connectivity index (χ0v) is 14.1. The normalized spacial score (nSPS) is 11.2. The molecule has 2 rings (SSSR count). The van der Waals surface area contributed by atoms with Crippen LogP contribution in [0.5, 0.6) is 0 Å². The van der Waals surface area contributed by atoms with E-state index in [-0.39, 0.29) is 13.2 Å². The van der Waals surface area contributed by atoms with Gasteiger partial charge in [-0.1, -0.05) is 42.5 Å². The maximum Gasteiger partial charge on any atom is 0.337 e. The van der Waals surface area contributed by atoms with Crippen LogP contribution in [0.15, 0.2) is 54.6 Å². The van der Waals surface area contributed by atoms with Gasteiger partial charge in [0.15, 0.2) is 0 Å². The lowest BCUT2D eigenvalue weighted by atomic mass is 10.1. The molecule has 2 aromatic carbocycles. The minimum absolute atomic E-state index is 0.0701. The number of hydrogen-bond acceptors (Lipinski definition) is 5. The number of benzene rings is 2. The second-order valence-electron chi connectivity index (χ2n) is 5.02. The van der Waals surface area contributed by atoms with E-state index in [1.165, 1.54) is 7.11 Å². The molecular formula is C17H19NO5S. The second kappa shape index (κ2) is 8.58. The van der Waals surface area contributed by atoms with Crippen molar-refractivity contribution in [3.63, 3.8) is 0 Å². The van der Waals surface area contributed by atoms with Crippen LogP contribution >= 0.6 is 0 Å². The number of esters is 1. The van der Waals surface area contributed by atoms with Gasteiger partial charge in [-0.25, -0.2) is 4.79 Å². The first-order chi connectivity index (χ1) is 11.5. The van der Waals surface area contributed by atoms with E-state index in [9.17, 15) is 13.2 Å².